The van der Waals surface area contributed by atoms with Gasteiger partial charge in [0.15, 0.2) is 11.6 Å². The van der Waals surface area contributed by atoms with Crippen LogP contribution in [0.4, 0.5) is 19.0 Å². The smallest absolute Gasteiger partial charge is 0.334 e. The number of carboxylic acid groups (broad SMARTS) is 1. The monoisotopic (exact) mass is 380 g/mol. The number of anilines is 1. The fourth-order valence-electron chi connectivity index (χ4n) is 3.05. The molecular formula is C18H19F3N4O2. The van der Waals surface area contributed by atoms with E-state index in [0.29, 0.717) is 19.0 Å². The number of nitrogens with zero attached hydrogens (tertiary/aromatic N) is 3. The molecule has 2 aromatic rings. The first-order chi connectivity index (χ1) is 12.7. The van der Waals surface area contributed by atoms with Crippen LogP contribution in [-0.2, 0) is 17.8 Å². The summed E-state index contributed by atoms with van der Waals surface area (Å²) in [5.74, 6) is -3.50. The molecule has 1 atom stereocenters. The first kappa shape index (κ1) is 19.0. The van der Waals surface area contributed by atoms with E-state index in [1.807, 2.05) is 13.0 Å². The number of aryl methyl sites for hydroxylation is 1. The number of fused-ring (bicyclic) bond motifs is 1. The third-order valence-corrected chi connectivity index (χ3v) is 4.39. The van der Waals surface area contributed by atoms with Crippen LogP contribution in [0.1, 0.15) is 17.7 Å². The number of carbonyl (C=O) groups is 1. The molecule has 1 aliphatic heterocycles. The Bertz CT molecular complexity index is 910. The predicted molar refractivity (Wildman–Crippen MR) is 92.6 cm³/mol. The van der Waals surface area contributed by atoms with E-state index in [1.54, 1.807) is 9.58 Å². The van der Waals surface area contributed by atoms with Gasteiger partial charge < -0.3 is 15.7 Å². The Morgan fingerprint density at radius 3 is 2.67 bits per heavy atom. The van der Waals surface area contributed by atoms with Crippen LogP contribution >= 0.6 is 0 Å². The molecule has 1 aliphatic rings. The fourth-order valence-corrected chi connectivity index (χ4v) is 3.05. The average molecular weight is 380 g/mol. The molecule has 0 fully saturated rings. The van der Waals surface area contributed by atoms with E-state index < -0.39 is 29.5 Å². The second kappa shape index (κ2) is 7.43. The third-order valence-electron chi connectivity index (χ3n) is 4.39. The van der Waals surface area contributed by atoms with E-state index >= 15 is 0 Å². The lowest BCUT2D eigenvalue weighted by Gasteiger charge is -2.27. The van der Waals surface area contributed by atoms with Crippen LogP contribution in [0.25, 0.3) is 0 Å². The number of carboxylic acids is 1. The van der Waals surface area contributed by atoms with Gasteiger partial charge in [-0.25, -0.2) is 22.6 Å². The normalized spacial score (nSPS) is 14.7. The highest BCUT2D eigenvalue weighted by Gasteiger charge is 2.23. The molecule has 0 spiro atoms. The second-order valence-corrected chi connectivity index (χ2v) is 6.57. The molecule has 3 rings (SSSR count). The van der Waals surface area contributed by atoms with Crippen molar-refractivity contribution in [1.82, 2.24) is 9.78 Å². The summed E-state index contributed by atoms with van der Waals surface area (Å²) in [6.07, 6.45) is 1.94. The Morgan fingerprint density at radius 1 is 1.26 bits per heavy atom. The lowest BCUT2D eigenvalue weighted by Crippen LogP contribution is -2.33. The molecule has 0 amide bonds. The number of benzene rings is 1. The van der Waals surface area contributed by atoms with Crippen LogP contribution in [0.5, 0.6) is 0 Å². The van der Waals surface area contributed by atoms with Crippen molar-refractivity contribution in [3.63, 3.8) is 0 Å². The summed E-state index contributed by atoms with van der Waals surface area (Å²) < 4.78 is 41.7. The lowest BCUT2D eigenvalue weighted by molar-refractivity contribution is -0.132. The summed E-state index contributed by atoms with van der Waals surface area (Å²) in [6, 6.07) is 2.62. The SMILES string of the molecule is Cc1cc2n(n1)CC(C(=O)O)=CN2CC[C@H](N)Cc1cc(F)c(F)cc1F. The first-order valence-corrected chi connectivity index (χ1v) is 8.38. The number of halogens is 3. The van der Waals surface area contributed by atoms with Crippen molar-refractivity contribution in [2.45, 2.75) is 32.4 Å². The minimum absolute atomic E-state index is 0.00250. The third kappa shape index (κ3) is 4.13. The van der Waals surface area contributed by atoms with E-state index in [-0.39, 0.29) is 24.1 Å². The minimum Gasteiger partial charge on any atom is -0.478 e. The zero-order valence-corrected chi connectivity index (χ0v) is 14.6. The van der Waals surface area contributed by atoms with Gasteiger partial charge in [0.2, 0.25) is 0 Å². The van der Waals surface area contributed by atoms with E-state index in [2.05, 4.69) is 5.10 Å². The Balaban J connectivity index is 1.70. The van der Waals surface area contributed by atoms with Crippen LogP contribution < -0.4 is 10.6 Å². The van der Waals surface area contributed by atoms with Gasteiger partial charge in [-0.15, -0.1) is 0 Å². The van der Waals surface area contributed by atoms with Crippen LogP contribution in [-0.4, -0.2) is 33.4 Å². The van der Waals surface area contributed by atoms with Gasteiger partial charge in [-0.3, -0.25) is 0 Å². The van der Waals surface area contributed by atoms with Gasteiger partial charge in [0, 0.05) is 30.9 Å². The predicted octanol–water partition coefficient (Wildman–Crippen LogP) is 2.36. The van der Waals surface area contributed by atoms with Crippen LogP contribution in [0.15, 0.2) is 30.0 Å². The zero-order chi connectivity index (χ0) is 19.7. The van der Waals surface area contributed by atoms with E-state index in [9.17, 15) is 23.1 Å². The molecule has 0 saturated heterocycles. The van der Waals surface area contributed by atoms with Crippen molar-refractivity contribution in [2.24, 2.45) is 5.73 Å². The highest BCUT2D eigenvalue weighted by atomic mass is 19.2. The number of hydrogen-bond donors (Lipinski definition) is 2. The van der Waals surface area contributed by atoms with Gasteiger partial charge in [-0.2, -0.15) is 5.10 Å². The maximum Gasteiger partial charge on any atom is 0.334 e. The minimum atomic E-state index is -1.24. The van der Waals surface area contributed by atoms with Crippen molar-refractivity contribution in [1.29, 1.82) is 0 Å². The van der Waals surface area contributed by atoms with Gasteiger partial charge >= 0.3 is 5.97 Å². The van der Waals surface area contributed by atoms with Gasteiger partial charge in [0.05, 0.1) is 17.8 Å². The maximum atomic E-state index is 13.8. The molecule has 0 saturated carbocycles. The van der Waals surface area contributed by atoms with Crippen molar-refractivity contribution >= 4 is 11.8 Å². The topological polar surface area (TPSA) is 84.4 Å². The number of aromatic nitrogens is 2. The van der Waals surface area contributed by atoms with E-state index in [4.69, 9.17) is 5.73 Å². The number of hydrogen-bond acceptors (Lipinski definition) is 4. The Labute approximate surface area is 153 Å². The average Bonchev–Trinajstić information content (AvgIpc) is 2.97. The molecule has 2 heterocycles. The van der Waals surface area contributed by atoms with E-state index in [0.717, 1.165) is 17.6 Å². The maximum absolute atomic E-state index is 13.8. The van der Waals surface area contributed by atoms with Gasteiger partial charge in [-0.1, -0.05) is 0 Å². The number of nitrogens with two attached hydrogens (primary N) is 1. The molecule has 3 N–H and O–H groups in total. The summed E-state index contributed by atoms with van der Waals surface area (Å²) in [5, 5.41) is 13.5. The molecule has 6 nitrogen and oxygen atoms in total. The Hall–Kier alpha value is -2.81. The number of rotatable bonds is 6. The molecule has 0 aliphatic carbocycles. The molecule has 144 valence electrons. The quantitative estimate of drug-likeness (QED) is 0.752. The van der Waals surface area contributed by atoms with Gasteiger partial charge in [0.1, 0.15) is 11.6 Å². The van der Waals surface area contributed by atoms with Crippen LogP contribution in [0, 0.1) is 24.4 Å². The summed E-state index contributed by atoms with van der Waals surface area (Å²) in [5.41, 5.74) is 6.97. The zero-order valence-electron chi connectivity index (χ0n) is 14.6. The summed E-state index contributed by atoms with van der Waals surface area (Å²) in [7, 11) is 0. The molecule has 0 radical (unpaired) electrons. The molecule has 0 bridgehead atoms. The largest absolute Gasteiger partial charge is 0.478 e. The molecular weight excluding hydrogens is 361 g/mol. The fraction of sp³-hybridized carbons (Fsp3) is 0.333. The molecule has 9 heteroatoms. The van der Waals surface area contributed by atoms with Gasteiger partial charge in [-0.05, 0) is 31.4 Å². The molecule has 0 unspecified atom stereocenters. The molecule has 1 aromatic carbocycles. The molecule has 1 aromatic heterocycles. The van der Waals surface area contributed by atoms with Crippen LogP contribution in [0.3, 0.4) is 0 Å². The van der Waals surface area contributed by atoms with Crippen molar-refractivity contribution in [3.05, 3.63) is 58.7 Å². The van der Waals surface area contributed by atoms with Gasteiger partial charge in [0.25, 0.3) is 0 Å². The van der Waals surface area contributed by atoms with E-state index in [1.165, 1.54) is 6.20 Å². The standard InChI is InChI=1S/C18H19F3N4O2/c1-10-4-17-24(8-12(18(26)27)9-25(17)23-10)3-2-13(22)5-11-6-15(20)16(21)7-14(11)19/h4,6-8,13H,2-3,5,9,22H2,1H3,(H,26,27)/t13-/m0/s1. The van der Waals surface area contributed by atoms with Crippen LogP contribution in [0.2, 0.25) is 0 Å². The first-order valence-electron chi connectivity index (χ1n) is 8.38. The summed E-state index contributed by atoms with van der Waals surface area (Å²) in [4.78, 5) is 13.1. The second-order valence-electron chi connectivity index (χ2n) is 6.57. The summed E-state index contributed by atoms with van der Waals surface area (Å²) >= 11 is 0. The highest BCUT2D eigenvalue weighted by Crippen LogP contribution is 2.24. The Morgan fingerprint density at radius 2 is 1.96 bits per heavy atom. The Kier molecular flexibility index (Phi) is 5.22. The van der Waals surface area contributed by atoms with Crippen molar-refractivity contribution in [3.8, 4) is 0 Å². The molecule has 27 heavy (non-hydrogen) atoms. The highest BCUT2D eigenvalue weighted by molar-refractivity contribution is 5.87. The van der Waals surface area contributed by atoms with Crippen molar-refractivity contribution < 1.29 is 23.1 Å². The van der Waals surface area contributed by atoms with Crippen molar-refractivity contribution in [2.75, 3.05) is 11.4 Å². The lowest BCUT2D eigenvalue weighted by atomic mass is 10.0. The number of aliphatic carboxylic acids is 1. The summed E-state index contributed by atoms with van der Waals surface area (Å²) in [6.45, 7) is 2.34.